The first kappa shape index (κ1) is 8.23. The highest BCUT2D eigenvalue weighted by atomic mass is 16.1. The molecule has 0 saturated heterocycles. The minimum absolute atomic E-state index is 0.00463. The highest BCUT2D eigenvalue weighted by molar-refractivity contribution is 5.94. The third-order valence-corrected chi connectivity index (χ3v) is 2.09. The molecular formula is C10H12N2O. The summed E-state index contributed by atoms with van der Waals surface area (Å²) in [4.78, 5) is 15.5. The molecule has 1 N–H and O–H groups in total. The molecule has 0 unspecified atom stereocenters. The average molecular weight is 176 g/mol. The van der Waals surface area contributed by atoms with E-state index in [4.69, 9.17) is 0 Å². The van der Waals surface area contributed by atoms with Crippen LogP contribution in [0.5, 0.6) is 0 Å². The largest absolute Gasteiger partial charge is 0.349 e. The number of aromatic nitrogens is 1. The highest BCUT2D eigenvalue weighted by Gasteiger charge is 2.23. The number of carbonyl (C=O) groups excluding carboxylic acids is 1. The van der Waals surface area contributed by atoms with Crippen LogP contribution < -0.4 is 5.32 Å². The monoisotopic (exact) mass is 176 g/mol. The van der Waals surface area contributed by atoms with Crippen LogP contribution >= 0.6 is 0 Å². The van der Waals surface area contributed by atoms with Gasteiger partial charge in [-0.2, -0.15) is 0 Å². The zero-order valence-electron chi connectivity index (χ0n) is 7.58. The molecule has 1 fully saturated rings. The molecule has 3 nitrogen and oxygen atoms in total. The van der Waals surface area contributed by atoms with Crippen molar-refractivity contribution in [3.05, 3.63) is 29.6 Å². The Hall–Kier alpha value is -1.38. The third kappa shape index (κ3) is 2.05. The molecule has 2 rings (SSSR count). The third-order valence-electron chi connectivity index (χ3n) is 2.09. The lowest BCUT2D eigenvalue weighted by Gasteiger charge is -2.02. The molecule has 1 aliphatic carbocycles. The van der Waals surface area contributed by atoms with Crippen molar-refractivity contribution < 1.29 is 4.79 Å². The molecule has 68 valence electrons. The predicted octanol–water partition coefficient (Wildman–Crippen LogP) is 1.28. The van der Waals surface area contributed by atoms with Gasteiger partial charge in [0.1, 0.15) is 0 Å². The molecule has 1 amide bonds. The summed E-state index contributed by atoms with van der Waals surface area (Å²) in [6.45, 7) is 1.91. The van der Waals surface area contributed by atoms with Gasteiger partial charge in [0, 0.05) is 17.9 Å². The van der Waals surface area contributed by atoms with Crippen molar-refractivity contribution in [1.82, 2.24) is 10.3 Å². The summed E-state index contributed by atoms with van der Waals surface area (Å²) < 4.78 is 0. The molecule has 0 atom stereocenters. The minimum Gasteiger partial charge on any atom is -0.349 e. The summed E-state index contributed by atoms with van der Waals surface area (Å²) in [7, 11) is 0. The topological polar surface area (TPSA) is 42.0 Å². The summed E-state index contributed by atoms with van der Waals surface area (Å²) in [6, 6.07) is 4.07. The van der Waals surface area contributed by atoms with E-state index in [9.17, 15) is 4.79 Å². The number of hydrogen-bond acceptors (Lipinski definition) is 2. The number of nitrogens with one attached hydrogen (secondary N) is 1. The molecule has 3 heteroatoms. The van der Waals surface area contributed by atoms with Gasteiger partial charge in [0.25, 0.3) is 5.91 Å². The molecular weight excluding hydrogens is 164 g/mol. The van der Waals surface area contributed by atoms with Gasteiger partial charge in [0.15, 0.2) is 0 Å². The van der Waals surface area contributed by atoms with Gasteiger partial charge in [-0.3, -0.25) is 9.78 Å². The number of hydrogen-bond donors (Lipinski definition) is 1. The first-order chi connectivity index (χ1) is 6.25. The van der Waals surface area contributed by atoms with Crippen molar-refractivity contribution in [2.75, 3.05) is 0 Å². The Morgan fingerprint density at radius 1 is 1.54 bits per heavy atom. The minimum atomic E-state index is -0.00463. The van der Waals surface area contributed by atoms with Crippen molar-refractivity contribution in [3.8, 4) is 0 Å². The van der Waals surface area contributed by atoms with Gasteiger partial charge >= 0.3 is 0 Å². The van der Waals surface area contributed by atoms with E-state index in [1.165, 1.54) is 0 Å². The van der Waals surface area contributed by atoms with Gasteiger partial charge in [0.05, 0.1) is 5.56 Å². The first-order valence-corrected chi connectivity index (χ1v) is 4.49. The van der Waals surface area contributed by atoms with E-state index in [-0.39, 0.29) is 5.91 Å². The number of amides is 1. The van der Waals surface area contributed by atoms with Crippen LogP contribution in [0.1, 0.15) is 28.9 Å². The average Bonchev–Trinajstić information content (AvgIpc) is 2.89. The zero-order valence-corrected chi connectivity index (χ0v) is 7.58. The fourth-order valence-electron chi connectivity index (χ4n) is 1.10. The van der Waals surface area contributed by atoms with Crippen molar-refractivity contribution in [2.24, 2.45) is 0 Å². The molecule has 1 saturated carbocycles. The van der Waals surface area contributed by atoms with E-state index in [1.807, 2.05) is 13.0 Å². The zero-order chi connectivity index (χ0) is 9.26. The van der Waals surface area contributed by atoms with E-state index in [2.05, 4.69) is 10.3 Å². The van der Waals surface area contributed by atoms with Crippen LogP contribution in [0.25, 0.3) is 0 Å². The maximum atomic E-state index is 11.5. The second-order valence-corrected chi connectivity index (χ2v) is 3.44. The number of rotatable bonds is 2. The quantitative estimate of drug-likeness (QED) is 0.737. The number of carbonyl (C=O) groups is 1. The van der Waals surface area contributed by atoms with Gasteiger partial charge in [-0.15, -0.1) is 0 Å². The number of aryl methyl sites for hydroxylation is 1. The molecule has 1 aromatic rings. The fraction of sp³-hybridized carbons (Fsp3) is 0.400. The summed E-state index contributed by atoms with van der Waals surface area (Å²) in [5.41, 5.74) is 1.58. The molecule has 1 aromatic heterocycles. The molecule has 1 aliphatic rings. The predicted molar refractivity (Wildman–Crippen MR) is 49.5 cm³/mol. The van der Waals surface area contributed by atoms with Crippen LogP contribution in [0.4, 0.5) is 0 Å². The van der Waals surface area contributed by atoms with Gasteiger partial charge < -0.3 is 5.32 Å². The molecule has 0 radical (unpaired) electrons. The van der Waals surface area contributed by atoms with Crippen LogP contribution in [0.3, 0.4) is 0 Å². The first-order valence-electron chi connectivity index (χ1n) is 4.49. The van der Waals surface area contributed by atoms with Crippen LogP contribution in [-0.2, 0) is 0 Å². The van der Waals surface area contributed by atoms with Gasteiger partial charge in [-0.25, -0.2) is 0 Å². The Kier molecular flexibility index (Phi) is 2.00. The normalized spacial score (nSPS) is 15.5. The van der Waals surface area contributed by atoms with Crippen molar-refractivity contribution in [2.45, 2.75) is 25.8 Å². The molecule has 0 spiro atoms. The molecule has 0 bridgehead atoms. The van der Waals surface area contributed by atoms with Gasteiger partial charge in [-0.1, -0.05) is 0 Å². The number of pyridine rings is 1. The van der Waals surface area contributed by atoms with Crippen LogP contribution in [-0.4, -0.2) is 16.9 Å². The summed E-state index contributed by atoms with van der Waals surface area (Å²) in [5, 5.41) is 2.91. The maximum Gasteiger partial charge on any atom is 0.253 e. The lowest BCUT2D eigenvalue weighted by molar-refractivity contribution is 0.0950. The van der Waals surface area contributed by atoms with E-state index in [0.29, 0.717) is 11.6 Å². The maximum absolute atomic E-state index is 11.5. The van der Waals surface area contributed by atoms with Crippen molar-refractivity contribution in [1.29, 1.82) is 0 Å². The van der Waals surface area contributed by atoms with E-state index in [1.54, 1.807) is 12.3 Å². The molecule has 0 aromatic carbocycles. The second kappa shape index (κ2) is 3.17. The van der Waals surface area contributed by atoms with Gasteiger partial charge in [-0.05, 0) is 31.9 Å². The summed E-state index contributed by atoms with van der Waals surface area (Å²) >= 11 is 0. The lowest BCUT2D eigenvalue weighted by atomic mass is 10.2. The van der Waals surface area contributed by atoms with Gasteiger partial charge in [0.2, 0.25) is 0 Å². The van der Waals surface area contributed by atoms with Crippen LogP contribution in [0.2, 0.25) is 0 Å². The van der Waals surface area contributed by atoms with Crippen molar-refractivity contribution in [3.63, 3.8) is 0 Å². The van der Waals surface area contributed by atoms with Crippen LogP contribution in [0, 0.1) is 6.92 Å². The number of nitrogens with zero attached hydrogens (tertiary/aromatic N) is 1. The molecule has 0 aliphatic heterocycles. The van der Waals surface area contributed by atoms with E-state index >= 15 is 0 Å². The molecule has 13 heavy (non-hydrogen) atoms. The Bertz CT molecular complexity index is 314. The van der Waals surface area contributed by atoms with Crippen LogP contribution in [0.15, 0.2) is 18.3 Å². The fourth-order valence-corrected chi connectivity index (χ4v) is 1.10. The van der Waals surface area contributed by atoms with E-state index in [0.717, 1.165) is 18.5 Å². The Morgan fingerprint density at radius 3 is 2.85 bits per heavy atom. The van der Waals surface area contributed by atoms with Crippen molar-refractivity contribution >= 4 is 5.91 Å². The second-order valence-electron chi connectivity index (χ2n) is 3.44. The summed E-state index contributed by atoms with van der Waals surface area (Å²) in [6.07, 6.45) is 3.85. The SMILES string of the molecule is Cc1ccc(C(=O)NC2CC2)cn1. The molecule has 1 heterocycles. The Morgan fingerprint density at radius 2 is 2.31 bits per heavy atom. The standard InChI is InChI=1S/C10H12N2O/c1-7-2-3-8(6-11-7)10(13)12-9-4-5-9/h2-3,6,9H,4-5H2,1H3,(H,12,13). The smallest absolute Gasteiger partial charge is 0.253 e. The Balaban J connectivity index is 2.05. The van der Waals surface area contributed by atoms with E-state index < -0.39 is 0 Å². The lowest BCUT2D eigenvalue weighted by Crippen LogP contribution is -2.25. The Labute approximate surface area is 77.2 Å². The highest BCUT2D eigenvalue weighted by Crippen LogP contribution is 2.19. The summed E-state index contributed by atoms with van der Waals surface area (Å²) in [5.74, 6) is -0.00463.